The van der Waals surface area contributed by atoms with E-state index in [9.17, 15) is 19.2 Å². The van der Waals surface area contributed by atoms with E-state index in [4.69, 9.17) is 4.74 Å². The fraction of sp³-hybridized carbons (Fsp3) is 0.471. The van der Waals surface area contributed by atoms with Crippen molar-refractivity contribution in [2.75, 3.05) is 43.5 Å². The zero-order valence-corrected chi connectivity index (χ0v) is 25.3. The van der Waals surface area contributed by atoms with Crippen molar-refractivity contribution in [3.05, 3.63) is 72.3 Å². The van der Waals surface area contributed by atoms with Crippen LogP contribution < -0.4 is 21.3 Å². The fourth-order valence-electron chi connectivity index (χ4n) is 6.44. The van der Waals surface area contributed by atoms with Crippen molar-refractivity contribution in [1.82, 2.24) is 15.5 Å². The summed E-state index contributed by atoms with van der Waals surface area (Å²) >= 11 is 0. The summed E-state index contributed by atoms with van der Waals surface area (Å²) < 4.78 is 5.60. The molecule has 3 atom stereocenters. The Hall–Kier alpha value is -4.02. The molecule has 3 aliphatic rings. The van der Waals surface area contributed by atoms with Crippen LogP contribution in [0.25, 0.3) is 0 Å². The zero-order chi connectivity index (χ0) is 30.9. The van der Waals surface area contributed by atoms with Crippen LogP contribution in [-0.2, 0) is 30.3 Å². The highest BCUT2D eigenvalue weighted by atomic mass is 16.5. The molecule has 4 amide bonds. The van der Waals surface area contributed by atoms with E-state index in [1.165, 1.54) is 6.92 Å². The van der Waals surface area contributed by atoms with Crippen molar-refractivity contribution in [3.8, 4) is 0 Å². The standard InChI is InChI=1S/C34H43N5O5/c1-24(40)35-27-10-12-28(13-11-27)36-31(41)23-39-18-14-29-26(22-39)9-5-6-15-34(16-19-44-20-17-34)33(43)38-30(32(42)37-29)21-25-7-3-2-4-8-25/h2-8,10-13,26,29-30H,9,14-23H2,1H3,(H,35,40)(H,36,41)(H,37,42)(H,38,43)/b6-5+/t26-,29+,30-/m0/s1. The Bertz CT molecular complexity index is 1340. The van der Waals surface area contributed by atoms with Gasteiger partial charge in [0.25, 0.3) is 0 Å². The molecule has 4 N–H and O–H groups in total. The third-order valence-corrected chi connectivity index (χ3v) is 8.95. The second-order valence-electron chi connectivity index (χ2n) is 12.2. The van der Waals surface area contributed by atoms with Crippen molar-refractivity contribution in [1.29, 1.82) is 0 Å². The molecule has 44 heavy (non-hydrogen) atoms. The van der Waals surface area contributed by atoms with Gasteiger partial charge in [0.05, 0.1) is 12.0 Å². The molecule has 1 spiro atoms. The minimum Gasteiger partial charge on any atom is -0.381 e. The highest BCUT2D eigenvalue weighted by Gasteiger charge is 2.41. The van der Waals surface area contributed by atoms with Gasteiger partial charge in [0.15, 0.2) is 0 Å². The number of hydrogen-bond acceptors (Lipinski definition) is 6. The van der Waals surface area contributed by atoms with Crippen LogP contribution in [0.15, 0.2) is 66.7 Å². The van der Waals surface area contributed by atoms with Crippen molar-refractivity contribution >= 4 is 35.0 Å². The third kappa shape index (κ3) is 8.33. The average molecular weight is 602 g/mol. The number of fused-ring (bicyclic) bond motifs is 1. The number of hydrogen-bond donors (Lipinski definition) is 4. The second kappa shape index (κ2) is 14.6. The van der Waals surface area contributed by atoms with E-state index in [0.29, 0.717) is 69.8 Å². The van der Waals surface area contributed by atoms with Crippen LogP contribution in [0.3, 0.4) is 0 Å². The number of nitrogens with one attached hydrogen (secondary N) is 4. The minimum atomic E-state index is -0.686. The Morgan fingerprint density at radius 2 is 1.66 bits per heavy atom. The van der Waals surface area contributed by atoms with Crippen molar-refractivity contribution in [2.24, 2.45) is 11.3 Å². The maximum Gasteiger partial charge on any atom is 0.243 e. The minimum absolute atomic E-state index is 0.0700. The molecule has 10 nitrogen and oxygen atoms in total. The molecule has 3 aliphatic heterocycles. The summed E-state index contributed by atoms with van der Waals surface area (Å²) in [4.78, 5) is 53.8. The van der Waals surface area contributed by atoms with Gasteiger partial charge in [-0.25, -0.2) is 0 Å². The number of benzene rings is 2. The topological polar surface area (TPSA) is 129 Å². The van der Waals surface area contributed by atoms with Gasteiger partial charge < -0.3 is 26.0 Å². The first-order valence-electron chi connectivity index (χ1n) is 15.6. The normalized spacial score (nSPS) is 24.9. The predicted octanol–water partition coefficient (Wildman–Crippen LogP) is 3.26. The van der Waals surface area contributed by atoms with Crippen molar-refractivity contribution < 1.29 is 23.9 Å². The number of likely N-dealkylation sites (tertiary alicyclic amines) is 1. The average Bonchev–Trinajstić information content (AvgIpc) is 3.01. The first-order chi connectivity index (χ1) is 21.3. The molecule has 0 aromatic heterocycles. The molecule has 0 unspecified atom stereocenters. The fourth-order valence-corrected chi connectivity index (χ4v) is 6.44. The number of rotatable bonds is 6. The highest BCUT2D eigenvalue weighted by molar-refractivity contribution is 5.93. The van der Waals surface area contributed by atoms with Crippen molar-refractivity contribution in [3.63, 3.8) is 0 Å². The van der Waals surface area contributed by atoms with E-state index in [0.717, 1.165) is 12.0 Å². The van der Waals surface area contributed by atoms with Crippen LogP contribution in [0.4, 0.5) is 11.4 Å². The van der Waals surface area contributed by atoms with Crippen LogP contribution in [0, 0.1) is 11.3 Å². The van der Waals surface area contributed by atoms with Crippen LogP contribution >= 0.6 is 0 Å². The molecular weight excluding hydrogens is 558 g/mol. The van der Waals surface area contributed by atoms with Gasteiger partial charge >= 0.3 is 0 Å². The number of amides is 4. The Morgan fingerprint density at radius 3 is 2.36 bits per heavy atom. The van der Waals surface area contributed by atoms with E-state index < -0.39 is 11.5 Å². The number of carbonyl (C=O) groups excluding carboxylic acids is 4. The molecule has 0 aliphatic carbocycles. The number of allylic oxidation sites excluding steroid dienone is 2. The molecule has 10 heteroatoms. The summed E-state index contributed by atoms with van der Waals surface area (Å²) in [6.07, 6.45) is 7.96. The van der Waals surface area contributed by atoms with Gasteiger partial charge in [0.2, 0.25) is 23.6 Å². The lowest BCUT2D eigenvalue weighted by atomic mass is 9.75. The number of ether oxygens (including phenoxy) is 1. The molecule has 2 aromatic carbocycles. The SMILES string of the molecule is CC(=O)Nc1ccc(NC(=O)CN2CC[C@H]3NC(=O)[C@H](Cc4ccccc4)NC(=O)C4(C/C=C/C[C@H]3C2)CCOCC4)cc1. The zero-order valence-electron chi connectivity index (χ0n) is 25.3. The van der Waals surface area contributed by atoms with E-state index in [1.807, 2.05) is 30.3 Å². The van der Waals surface area contributed by atoms with Crippen LogP contribution in [0.2, 0.25) is 0 Å². The first-order valence-corrected chi connectivity index (χ1v) is 15.6. The summed E-state index contributed by atoms with van der Waals surface area (Å²) in [7, 11) is 0. The van der Waals surface area contributed by atoms with E-state index >= 15 is 0 Å². The van der Waals surface area contributed by atoms with Gasteiger partial charge in [-0.05, 0) is 67.9 Å². The molecular formula is C34H43N5O5. The lowest BCUT2D eigenvalue weighted by Crippen LogP contribution is -2.58. The molecule has 2 fully saturated rings. The summed E-state index contributed by atoms with van der Waals surface area (Å²) in [6, 6.07) is 16.1. The van der Waals surface area contributed by atoms with Gasteiger partial charge in [-0.1, -0.05) is 42.5 Å². The van der Waals surface area contributed by atoms with Gasteiger partial charge in [0.1, 0.15) is 6.04 Å². The van der Waals surface area contributed by atoms with Gasteiger partial charge in [0, 0.05) is 57.1 Å². The number of carbonyl (C=O) groups is 4. The summed E-state index contributed by atoms with van der Waals surface area (Å²) in [5.74, 6) is -0.396. The lowest BCUT2D eigenvalue weighted by molar-refractivity contribution is -0.140. The van der Waals surface area contributed by atoms with E-state index in [1.54, 1.807) is 24.3 Å². The Labute approximate surface area is 259 Å². The number of piperidine rings is 1. The monoisotopic (exact) mass is 601 g/mol. The molecule has 0 saturated carbocycles. The smallest absolute Gasteiger partial charge is 0.243 e. The highest BCUT2D eigenvalue weighted by Crippen LogP contribution is 2.36. The molecule has 0 radical (unpaired) electrons. The number of anilines is 2. The first kappa shape index (κ1) is 31.4. The molecule has 2 aromatic rings. The van der Waals surface area contributed by atoms with Gasteiger partial charge in [-0.3, -0.25) is 24.1 Å². The molecule has 234 valence electrons. The van der Waals surface area contributed by atoms with Gasteiger partial charge in [-0.15, -0.1) is 0 Å². The van der Waals surface area contributed by atoms with Gasteiger partial charge in [-0.2, -0.15) is 0 Å². The van der Waals surface area contributed by atoms with E-state index in [-0.39, 0.29) is 42.1 Å². The van der Waals surface area contributed by atoms with Crippen LogP contribution in [-0.4, -0.2) is 73.5 Å². The quantitative estimate of drug-likeness (QED) is 0.377. The Kier molecular flexibility index (Phi) is 10.4. The molecule has 2 saturated heterocycles. The predicted molar refractivity (Wildman–Crippen MR) is 169 cm³/mol. The summed E-state index contributed by atoms with van der Waals surface area (Å²) in [6.45, 7) is 4.07. The Morgan fingerprint density at radius 1 is 0.955 bits per heavy atom. The number of nitrogens with zero attached hydrogens (tertiary/aromatic N) is 1. The molecule has 0 bridgehead atoms. The summed E-state index contributed by atoms with van der Waals surface area (Å²) in [5, 5.41) is 12.1. The Balaban J connectivity index is 1.27. The maximum atomic E-state index is 13.8. The molecule has 5 rings (SSSR count). The van der Waals surface area contributed by atoms with Crippen LogP contribution in [0.1, 0.15) is 44.6 Å². The van der Waals surface area contributed by atoms with Crippen molar-refractivity contribution in [2.45, 2.75) is 57.5 Å². The lowest BCUT2D eigenvalue weighted by Gasteiger charge is -2.40. The maximum absolute atomic E-state index is 13.8. The van der Waals surface area contributed by atoms with Crippen LogP contribution in [0.5, 0.6) is 0 Å². The van der Waals surface area contributed by atoms with E-state index in [2.05, 4.69) is 38.3 Å². The summed E-state index contributed by atoms with van der Waals surface area (Å²) in [5.41, 5.74) is 1.72. The third-order valence-electron chi connectivity index (χ3n) is 8.95. The molecule has 3 heterocycles. The second-order valence-corrected chi connectivity index (χ2v) is 12.2. The largest absolute Gasteiger partial charge is 0.381 e.